The third kappa shape index (κ3) is 2.96. The predicted octanol–water partition coefficient (Wildman–Crippen LogP) is 3.73. The summed E-state index contributed by atoms with van der Waals surface area (Å²) in [4.78, 5) is 3.68. The van der Waals surface area contributed by atoms with Gasteiger partial charge in [-0.25, -0.2) is 5.10 Å². The van der Waals surface area contributed by atoms with E-state index in [0.29, 0.717) is 22.4 Å². The van der Waals surface area contributed by atoms with Gasteiger partial charge in [0, 0.05) is 23.5 Å². The van der Waals surface area contributed by atoms with Crippen LogP contribution in [-0.4, -0.2) is 20.4 Å². The average Bonchev–Trinajstić information content (AvgIpc) is 3.02. The number of hydrogen-bond donors (Lipinski definition) is 1. The van der Waals surface area contributed by atoms with Gasteiger partial charge >= 0.3 is 6.18 Å². The fourth-order valence-corrected chi connectivity index (χ4v) is 2.35. The zero-order valence-electron chi connectivity index (χ0n) is 12.4. The first-order chi connectivity index (χ1) is 11.4. The minimum absolute atomic E-state index is 0.189. The zero-order chi connectivity index (χ0) is 17.3. The molecule has 0 bridgehead atoms. The van der Waals surface area contributed by atoms with Crippen LogP contribution in [0.1, 0.15) is 16.8 Å². The van der Waals surface area contributed by atoms with Crippen LogP contribution in [0.2, 0.25) is 0 Å². The van der Waals surface area contributed by atoms with Gasteiger partial charge in [0.15, 0.2) is 5.69 Å². The van der Waals surface area contributed by atoms with Crippen molar-refractivity contribution in [2.45, 2.75) is 13.1 Å². The van der Waals surface area contributed by atoms with Crippen molar-refractivity contribution in [2.75, 3.05) is 0 Å². The second kappa shape index (κ2) is 5.77. The van der Waals surface area contributed by atoms with E-state index in [-0.39, 0.29) is 5.69 Å². The van der Waals surface area contributed by atoms with E-state index in [9.17, 15) is 13.2 Å². The molecule has 1 N–H and O–H groups in total. The number of nitriles is 1. The molecule has 0 spiro atoms. The van der Waals surface area contributed by atoms with Crippen molar-refractivity contribution in [3.05, 3.63) is 53.5 Å². The Bertz CT molecular complexity index is 937. The molecule has 120 valence electrons. The number of aryl methyl sites for hydroxylation is 1. The van der Waals surface area contributed by atoms with Gasteiger partial charge in [0.2, 0.25) is 0 Å². The molecule has 1 aromatic carbocycles. The second-order valence-corrected chi connectivity index (χ2v) is 5.19. The number of aromatic nitrogens is 4. The summed E-state index contributed by atoms with van der Waals surface area (Å²) >= 11 is 0. The van der Waals surface area contributed by atoms with Crippen molar-refractivity contribution in [1.29, 1.82) is 5.26 Å². The topological polar surface area (TPSA) is 78.2 Å². The molecule has 0 saturated carbocycles. The lowest BCUT2D eigenvalue weighted by molar-refractivity contribution is -0.137. The molecule has 8 heteroatoms. The number of pyridine rings is 1. The van der Waals surface area contributed by atoms with Crippen molar-refractivity contribution >= 4 is 0 Å². The maximum absolute atomic E-state index is 12.9. The Labute approximate surface area is 134 Å². The number of hydrogen-bond acceptors (Lipinski definition) is 4. The fraction of sp³-hybridized carbons (Fsp3) is 0.125. The summed E-state index contributed by atoms with van der Waals surface area (Å²) < 4.78 is 38.6. The Morgan fingerprint density at radius 2 is 1.79 bits per heavy atom. The molecule has 0 aliphatic carbocycles. The van der Waals surface area contributed by atoms with Crippen molar-refractivity contribution in [2.24, 2.45) is 0 Å². The van der Waals surface area contributed by atoms with Gasteiger partial charge in [0.05, 0.1) is 5.56 Å². The van der Waals surface area contributed by atoms with Gasteiger partial charge < -0.3 is 0 Å². The number of benzene rings is 1. The number of halogens is 3. The smallest absolute Gasteiger partial charge is 0.263 e. The van der Waals surface area contributed by atoms with E-state index >= 15 is 0 Å². The first kappa shape index (κ1) is 15.7. The summed E-state index contributed by atoms with van der Waals surface area (Å²) in [6.07, 6.45) is -2.32. The van der Waals surface area contributed by atoms with Gasteiger partial charge in [-0.2, -0.15) is 18.4 Å². The maximum Gasteiger partial charge on any atom is 0.417 e. The Balaban J connectivity index is 2.12. The Kier molecular flexibility index (Phi) is 3.77. The monoisotopic (exact) mass is 329 g/mol. The molecule has 0 aliphatic rings. The number of nitrogens with one attached hydrogen (secondary N) is 1. The van der Waals surface area contributed by atoms with Crippen LogP contribution >= 0.6 is 0 Å². The molecule has 0 aliphatic heterocycles. The Hall–Kier alpha value is -3.21. The van der Waals surface area contributed by atoms with Crippen molar-refractivity contribution in [1.82, 2.24) is 20.4 Å². The zero-order valence-corrected chi connectivity index (χ0v) is 12.4. The largest absolute Gasteiger partial charge is 0.417 e. The van der Waals surface area contributed by atoms with Crippen molar-refractivity contribution in [3.8, 4) is 28.5 Å². The van der Waals surface area contributed by atoms with Gasteiger partial charge in [-0.3, -0.25) is 4.98 Å². The Morgan fingerprint density at radius 3 is 2.50 bits per heavy atom. The highest BCUT2D eigenvalue weighted by Crippen LogP contribution is 2.33. The fourth-order valence-electron chi connectivity index (χ4n) is 2.35. The lowest BCUT2D eigenvalue weighted by Crippen LogP contribution is -2.05. The predicted molar refractivity (Wildman–Crippen MR) is 79.5 cm³/mol. The van der Waals surface area contributed by atoms with Crippen LogP contribution in [0.5, 0.6) is 0 Å². The quantitative estimate of drug-likeness (QED) is 0.777. The highest BCUT2D eigenvalue weighted by atomic mass is 19.4. The standard InChI is InChI=1S/C16H10F3N5/c1-9-2-10(12-5-13(8-21-7-12)16(17,18)19)4-11(3-9)15-14(6-20)22-24-23-15/h2-5,7-8H,1H3,(H,22,23,24). The van der Waals surface area contributed by atoms with Crippen molar-refractivity contribution in [3.63, 3.8) is 0 Å². The van der Waals surface area contributed by atoms with Crippen LogP contribution in [0.15, 0.2) is 36.7 Å². The molecule has 5 nitrogen and oxygen atoms in total. The molecule has 3 aromatic rings. The number of nitrogens with zero attached hydrogens (tertiary/aromatic N) is 4. The number of aromatic amines is 1. The maximum atomic E-state index is 12.9. The molecule has 0 atom stereocenters. The molecule has 2 aromatic heterocycles. The van der Waals surface area contributed by atoms with Gasteiger partial charge in [-0.1, -0.05) is 11.3 Å². The SMILES string of the molecule is Cc1cc(-c2cncc(C(F)(F)F)c2)cc(-c2nn[nH]c2C#N)c1. The molecule has 0 unspecified atom stereocenters. The van der Waals surface area contributed by atoms with Gasteiger partial charge in [-0.05, 0) is 36.2 Å². The van der Waals surface area contributed by atoms with Crippen molar-refractivity contribution < 1.29 is 13.2 Å². The van der Waals surface area contributed by atoms with Crippen LogP contribution < -0.4 is 0 Å². The molecule has 0 radical (unpaired) electrons. The summed E-state index contributed by atoms with van der Waals surface area (Å²) in [5.74, 6) is 0. The van der Waals surface area contributed by atoms with Gasteiger partial charge in [0.25, 0.3) is 0 Å². The first-order valence-electron chi connectivity index (χ1n) is 6.84. The minimum atomic E-state index is -4.46. The molecule has 2 heterocycles. The van der Waals surface area contributed by atoms with E-state index in [2.05, 4.69) is 20.4 Å². The molecular formula is C16H10F3N5. The van der Waals surface area contributed by atoms with E-state index < -0.39 is 11.7 Å². The summed E-state index contributed by atoms with van der Waals surface area (Å²) in [6.45, 7) is 1.81. The molecule has 0 fully saturated rings. The normalized spacial score (nSPS) is 11.3. The lowest BCUT2D eigenvalue weighted by Gasteiger charge is -2.10. The summed E-state index contributed by atoms with van der Waals surface area (Å²) in [7, 11) is 0. The summed E-state index contributed by atoms with van der Waals surface area (Å²) in [5.41, 5.74) is 2.00. The van der Waals surface area contributed by atoms with Crippen LogP contribution in [0.25, 0.3) is 22.4 Å². The summed E-state index contributed by atoms with van der Waals surface area (Å²) in [6, 6.07) is 8.16. The van der Waals surface area contributed by atoms with E-state index in [1.54, 1.807) is 25.1 Å². The third-order valence-electron chi connectivity index (χ3n) is 3.41. The highest BCUT2D eigenvalue weighted by Gasteiger charge is 2.31. The number of H-pyrrole nitrogens is 1. The average molecular weight is 329 g/mol. The molecular weight excluding hydrogens is 319 g/mol. The van der Waals surface area contributed by atoms with E-state index in [1.165, 1.54) is 6.20 Å². The van der Waals surface area contributed by atoms with E-state index in [4.69, 9.17) is 5.26 Å². The molecule has 0 saturated heterocycles. The second-order valence-electron chi connectivity index (χ2n) is 5.19. The highest BCUT2D eigenvalue weighted by molar-refractivity contribution is 5.74. The van der Waals surface area contributed by atoms with Crippen LogP contribution in [0.4, 0.5) is 13.2 Å². The molecule has 24 heavy (non-hydrogen) atoms. The van der Waals surface area contributed by atoms with Gasteiger partial charge in [0.1, 0.15) is 11.8 Å². The lowest BCUT2D eigenvalue weighted by atomic mass is 9.98. The number of alkyl halides is 3. The van der Waals surface area contributed by atoms with Crippen LogP contribution in [-0.2, 0) is 6.18 Å². The van der Waals surface area contributed by atoms with E-state index in [0.717, 1.165) is 17.8 Å². The van der Waals surface area contributed by atoms with Gasteiger partial charge in [-0.15, -0.1) is 5.10 Å². The summed E-state index contributed by atoms with van der Waals surface area (Å²) in [5, 5.41) is 19.0. The molecule has 3 rings (SSSR count). The van der Waals surface area contributed by atoms with E-state index in [1.807, 2.05) is 6.07 Å². The third-order valence-corrected chi connectivity index (χ3v) is 3.41. The minimum Gasteiger partial charge on any atom is -0.263 e. The van der Waals surface area contributed by atoms with Crippen LogP contribution in [0, 0.1) is 18.3 Å². The molecule has 0 amide bonds. The Morgan fingerprint density at radius 1 is 1.04 bits per heavy atom. The number of rotatable bonds is 2. The first-order valence-corrected chi connectivity index (χ1v) is 6.84. The van der Waals surface area contributed by atoms with Crippen LogP contribution in [0.3, 0.4) is 0 Å².